The van der Waals surface area contributed by atoms with Gasteiger partial charge in [0.25, 0.3) is 0 Å². The zero-order valence-corrected chi connectivity index (χ0v) is 13.6. The van der Waals surface area contributed by atoms with E-state index in [1.165, 1.54) is 0 Å². The molecule has 1 aliphatic rings. The predicted molar refractivity (Wildman–Crippen MR) is 96.5 cm³/mol. The standard InChI is InChI=1S/C20H22N2O2/c23-21(15-17-9-3-1-4-10-17)19-13-7-8-14-20(19)22(24)16-18-11-5-2-6-12-18/h1-6,9-12,15-16,19-20H,7-8,13-14H2. The summed E-state index contributed by atoms with van der Waals surface area (Å²) in [4.78, 5) is 0. The molecule has 2 atom stereocenters. The van der Waals surface area contributed by atoms with Crippen LogP contribution in [0.4, 0.5) is 0 Å². The van der Waals surface area contributed by atoms with Gasteiger partial charge >= 0.3 is 0 Å². The van der Waals surface area contributed by atoms with Crippen molar-refractivity contribution in [3.05, 3.63) is 82.2 Å². The summed E-state index contributed by atoms with van der Waals surface area (Å²) in [5.74, 6) is 0. The van der Waals surface area contributed by atoms with E-state index in [0.717, 1.165) is 46.3 Å². The molecule has 124 valence electrons. The highest BCUT2D eigenvalue weighted by Gasteiger charge is 2.37. The van der Waals surface area contributed by atoms with E-state index >= 15 is 0 Å². The van der Waals surface area contributed by atoms with Crippen LogP contribution in [0.15, 0.2) is 60.7 Å². The zero-order valence-electron chi connectivity index (χ0n) is 13.6. The first-order chi connectivity index (χ1) is 11.7. The summed E-state index contributed by atoms with van der Waals surface area (Å²) < 4.78 is 1.95. The zero-order chi connectivity index (χ0) is 16.8. The molecule has 0 N–H and O–H groups in total. The molecule has 4 heteroatoms. The molecule has 2 aromatic rings. The summed E-state index contributed by atoms with van der Waals surface area (Å²) in [5, 5.41) is 25.2. The van der Waals surface area contributed by atoms with Crippen molar-refractivity contribution >= 4 is 12.4 Å². The van der Waals surface area contributed by atoms with Crippen molar-refractivity contribution in [3.8, 4) is 0 Å². The number of benzene rings is 2. The molecule has 2 unspecified atom stereocenters. The van der Waals surface area contributed by atoms with Crippen molar-refractivity contribution in [1.29, 1.82) is 0 Å². The highest BCUT2D eigenvalue weighted by atomic mass is 16.5. The molecule has 24 heavy (non-hydrogen) atoms. The van der Waals surface area contributed by atoms with E-state index in [1.807, 2.05) is 60.7 Å². The molecule has 1 aliphatic carbocycles. The van der Waals surface area contributed by atoms with Crippen LogP contribution in [-0.4, -0.2) is 34.0 Å². The fraction of sp³-hybridized carbons (Fsp3) is 0.300. The Hall–Kier alpha value is -2.62. The Morgan fingerprint density at radius 1 is 0.667 bits per heavy atom. The molecule has 1 saturated carbocycles. The van der Waals surface area contributed by atoms with Crippen LogP contribution in [0.2, 0.25) is 0 Å². The Kier molecular flexibility index (Phi) is 5.26. The van der Waals surface area contributed by atoms with E-state index in [0.29, 0.717) is 0 Å². The predicted octanol–water partition coefficient (Wildman–Crippen LogP) is 3.56. The molecule has 1 fully saturated rings. The van der Waals surface area contributed by atoms with Gasteiger partial charge in [-0.2, -0.15) is 0 Å². The lowest BCUT2D eigenvalue weighted by Gasteiger charge is -2.28. The van der Waals surface area contributed by atoms with Crippen LogP contribution in [0.1, 0.15) is 36.8 Å². The Morgan fingerprint density at radius 3 is 1.42 bits per heavy atom. The van der Waals surface area contributed by atoms with E-state index < -0.39 is 0 Å². The van der Waals surface area contributed by atoms with Crippen LogP contribution in [0, 0.1) is 10.4 Å². The fourth-order valence-corrected chi connectivity index (χ4v) is 3.25. The molecule has 0 aliphatic heterocycles. The number of hydrogen-bond donors (Lipinski definition) is 0. The quantitative estimate of drug-likeness (QED) is 0.374. The van der Waals surface area contributed by atoms with Gasteiger partial charge in [-0.15, -0.1) is 0 Å². The van der Waals surface area contributed by atoms with Gasteiger partial charge < -0.3 is 10.4 Å². The minimum Gasteiger partial charge on any atom is -0.623 e. The normalized spacial score (nSPS) is 22.3. The molecule has 0 aromatic heterocycles. The minimum absolute atomic E-state index is 0.309. The molecule has 0 heterocycles. The van der Waals surface area contributed by atoms with E-state index in [2.05, 4.69) is 0 Å². The van der Waals surface area contributed by atoms with Gasteiger partial charge in [0.15, 0.2) is 12.4 Å². The van der Waals surface area contributed by atoms with Gasteiger partial charge in [0.1, 0.15) is 0 Å². The van der Waals surface area contributed by atoms with Crippen molar-refractivity contribution in [2.75, 3.05) is 0 Å². The molecule has 0 spiro atoms. The van der Waals surface area contributed by atoms with Crippen molar-refractivity contribution < 1.29 is 9.48 Å². The first kappa shape index (κ1) is 16.2. The number of rotatable bonds is 4. The Balaban J connectivity index is 1.83. The third-order valence-corrected chi connectivity index (χ3v) is 4.50. The highest BCUT2D eigenvalue weighted by Crippen LogP contribution is 2.23. The molecule has 3 rings (SSSR count). The second-order valence-electron chi connectivity index (χ2n) is 6.22. The molecule has 0 radical (unpaired) electrons. The van der Waals surface area contributed by atoms with Gasteiger partial charge in [-0.1, -0.05) is 36.4 Å². The van der Waals surface area contributed by atoms with E-state index in [1.54, 1.807) is 12.4 Å². The molecule has 4 nitrogen and oxygen atoms in total. The first-order valence-electron chi connectivity index (χ1n) is 8.45. The number of nitrogens with zero attached hydrogens (tertiary/aromatic N) is 2. The molecular weight excluding hydrogens is 300 g/mol. The first-order valence-corrected chi connectivity index (χ1v) is 8.45. The van der Waals surface area contributed by atoms with Gasteiger partial charge in [-0.05, 0) is 37.1 Å². The Morgan fingerprint density at radius 2 is 1.04 bits per heavy atom. The molecule has 0 amide bonds. The van der Waals surface area contributed by atoms with Crippen molar-refractivity contribution in [2.45, 2.75) is 37.8 Å². The molecule has 2 aromatic carbocycles. The smallest absolute Gasteiger partial charge is 0.224 e. The fourth-order valence-electron chi connectivity index (χ4n) is 3.25. The maximum Gasteiger partial charge on any atom is 0.224 e. The average Bonchev–Trinajstić information content (AvgIpc) is 2.63. The second kappa shape index (κ2) is 7.77. The summed E-state index contributed by atoms with van der Waals surface area (Å²) in [6, 6.07) is 18.4. The number of hydroxylamine groups is 2. The van der Waals surface area contributed by atoms with Gasteiger partial charge in [-0.25, -0.2) is 9.48 Å². The minimum atomic E-state index is -0.309. The van der Waals surface area contributed by atoms with Crippen LogP contribution in [0.3, 0.4) is 0 Å². The molecule has 0 saturated heterocycles. The van der Waals surface area contributed by atoms with E-state index in [9.17, 15) is 10.4 Å². The van der Waals surface area contributed by atoms with Crippen LogP contribution < -0.4 is 0 Å². The van der Waals surface area contributed by atoms with Crippen LogP contribution in [0.5, 0.6) is 0 Å². The Bertz CT molecular complexity index is 647. The third-order valence-electron chi connectivity index (χ3n) is 4.50. The highest BCUT2D eigenvalue weighted by molar-refractivity contribution is 5.76. The van der Waals surface area contributed by atoms with Gasteiger partial charge in [0.05, 0.1) is 0 Å². The van der Waals surface area contributed by atoms with Gasteiger partial charge in [0, 0.05) is 24.0 Å². The maximum atomic E-state index is 12.6. The molecular formula is C20H22N2O2. The monoisotopic (exact) mass is 322 g/mol. The summed E-state index contributed by atoms with van der Waals surface area (Å²) >= 11 is 0. The topological polar surface area (TPSA) is 52.1 Å². The lowest BCUT2D eigenvalue weighted by Crippen LogP contribution is -2.44. The van der Waals surface area contributed by atoms with E-state index in [-0.39, 0.29) is 12.1 Å². The summed E-state index contributed by atoms with van der Waals surface area (Å²) in [6.07, 6.45) is 6.67. The third kappa shape index (κ3) is 4.02. The largest absolute Gasteiger partial charge is 0.623 e. The van der Waals surface area contributed by atoms with E-state index in [4.69, 9.17) is 0 Å². The Labute approximate surface area is 142 Å². The van der Waals surface area contributed by atoms with Crippen molar-refractivity contribution in [3.63, 3.8) is 0 Å². The summed E-state index contributed by atoms with van der Waals surface area (Å²) in [5.41, 5.74) is 1.72. The lowest BCUT2D eigenvalue weighted by molar-refractivity contribution is -0.598. The van der Waals surface area contributed by atoms with Gasteiger partial charge in [-0.3, -0.25) is 0 Å². The van der Waals surface area contributed by atoms with Crippen LogP contribution in [0.25, 0.3) is 0 Å². The molecule has 0 bridgehead atoms. The average molecular weight is 322 g/mol. The van der Waals surface area contributed by atoms with Crippen molar-refractivity contribution in [1.82, 2.24) is 0 Å². The van der Waals surface area contributed by atoms with Crippen molar-refractivity contribution in [2.24, 2.45) is 0 Å². The summed E-state index contributed by atoms with van der Waals surface area (Å²) in [6.45, 7) is 0. The lowest BCUT2D eigenvalue weighted by atomic mass is 9.90. The SMILES string of the molecule is [O-][N+](=Cc1ccccc1)C1CCCCC1[N+]([O-])=Cc1ccccc1. The van der Waals surface area contributed by atoms with Crippen LogP contribution in [-0.2, 0) is 0 Å². The second-order valence-corrected chi connectivity index (χ2v) is 6.22. The maximum absolute atomic E-state index is 12.6. The van der Waals surface area contributed by atoms with Gasteiger partial charge in [0.2, 0.25) is 12.1 Å². The summed E-state index contributed by atoms with van der Waals surface area (Å²) in [7, 11) is 0. The number of hydrogen-bond acceptors (Lipinski definition) is 2. The van der Waals surface area contributed by atoms with Crippen LogP contribution >= 0.6 is 0 Å².